The number of esters is 1. The Morgan fingerprint density at radius 1 is 1.24 bits per heavy atom. The summed E-state index contributed by atoms with van der Waals surface area (Å²) in [5.74, 6) is -1.06. The standard InChI is InChI=1S/C19H32N2O8/c1-4-15(13-23)29-19(27-3)14-28-18(26)9-5-7-16(24)20-10-11-21(2)17(25)8-6-12-22/h6,8,12,15,19,23H,4-5,7,9-11,13-14H2,1-3H3,(H,20,24)/b8-6-. The van der Waals surface area contributed by atoms with Gasteiger partial charge in [-0.1, -0.05) is 6.92 Å². The number of aliphatic hydroxyl groups is 1. The van der Waals surface area contributed by atoms with E-state index >= 15 is 0 Å². The lowest BCUT2D eigenvalue weighted by molar-refractivity contribution is -0.194. The van der Waals surface area contributed by atoms with Gasteiger partial charge in [0, 0.05) is 46.2 Å². The van der Waals surface area contributed by atoms with Crippen LogP contribution in [0.4, 0.5) is 0 Å². The van der Waals surface area contributed by atoms with Crippen molar-refractivity contribution in [3.05, 3.63) is 12.2 Å². The number of methoxy groups -OCH3 is 1. The summed E-state index contributed by atoms with van der Waals surface area (Å²) in [5, 5.41) is 11.8. The van der Waals surface area contributed by atoms with Crippen LogP contribution in [0.25, 0.3) is 0 Å². The first-order valence-corrected chi connectivity index (χ1v) is 9.46. The molecule has 0 aliphatic carbocycles. The van der Waals surface area contributed by atoms with Gasteiger partial charge in [-0.2, -0.15) is 0 Å². The fraction of sp³-hybridized carbons (Fsp3) is 0.684. The number of rotatable bonds is 16. The predicted molar refractivity (Wildman–Crippen MR) is 104 cm³/mol. The number of allylic oxidation sites excluding steroid dienone is 1. The Balaban J connectivity index is 3.95. The van der Waals surface area contributed by atoms with Crippen LogP contribution in [0.15, 0.2) is 12.2 Å². The summed E-state index contributed by atoms with van der Waals surface area (Å²) in [7, 11) is 2.97. The van der Waals surface area contributed by atoms with E-state index < -0.39 is 18.4 Å². The Labute approximate surface area is 171 Å². The van der Waals surface area contributed by atoms with Crippen LogP contribution in [-0.2, 0) is 33.4 Å². The number of likely N-dealkylation sites (N-methyl/N-ethyl adjacent to an activating group) is 1. The molecule has 0 rings (SSSR count). The predicted octanol–water partition coefficient (Wildman–Crippen LogP) is -0.210. The van der Waals surface area contributed by atoms with Crippen molar-refractivity contribution in [2.75, 3.05) is 40.5 Å². The van der Waals surface area contributed by atoms with E-state index in [4.69, 9.17) is 19.3 Å². The minimum atomic E-state index is -0.763. The number of aldehydes is 1. The first kappa shape index (κ1) is 26.7. The van der Waals surface area contributed by atoms with Gasteiger partial charge in [-0.3, -0.25) is 19.2 Å². The van der Waals surface area contributed by atoms with E-state index in [1.807, 2.05) is 6.92 Å². The summed E-state index contributed by atoms with van der Waals surface area (Å²) in [6, 6.07) is 0. The Morgan fingerprint density at radius 3 is 2.55 bits per heavy atom. The Hall–Kier alpha value is -2.30. The zero-order valence-corrected chi connectivity index (χ0v) is 17.3. The number of ether oxygens (including phenoxy) is 3. The maximum atomic E-state index is 11.8. The van der Waals surface area contributed by atoms with E-state index in [1.54, 1.807) is 7.05 Å². The molecule has 2 atom stereocenters. The van der Waals surface area contributed by atoms with Crippen LogP contribution in [0.3, 0.4) is 0 Å². The van der Waals surface area contributed by atoms with Crippen molar-refractivity contribution in [3.63, 3.8) is 0 Å². The second-order valence-corrected chi connectivity index (χ2v) is 6.16. The SMILES string of the molecule is CCC(CO)OC(COC(=O)CCCC(=O)NCCN(C)C(=O)/C=C\C=O)OC. The van der Waals surface area contributed by atoms with E-state index in [0.717, 1.165) is 12.2 Å². The largest absolute Gasteiger partial charge is 0.460 e. The summed E-state index contributed by atoms with van der Waals surface area (Å²) in [4.78, 5) is 46.6. The highest BCUT2D eigenvalue weighted by atomic mass is 16.7. The van der Waals surface area contributed by atoms with Crippen molar-refractivity contribution in [2.45, 2.75) is 45.0 Å². The van der Waals surface area contributed by atoms with E-state index in [0.29, 0.717) is 25.7 Å². The Bertz CT molecular complexity index is 534. The summed E-state index contributed by atoms with van der Waals surface area (Å²) in [6.45, 7) is 2.15. The van der Waals surface area contributed by atoms with Crippen LogP contribution in [0.1, 0.15) is 32.6 Å². The van der Waals surface area contributed by atoms with Gasteiger partial charge >= 0.3 is 5.97 Å². The molecule has 0 aromatic rings. The fourth-order valence-electron chi connectivity index (χ4n) is 2.08. The lowest BCUT2D eigenvalue weighted by Crippen LogP contribution is -2.35. The number of hydrogen-bond acceptors (Lipinski definition) is 8. The van der Waals surface area contributed by atoms with Gasteiger partial charge in [0.25, 0.3) is 0 Å². The smallest absolute Gasteiger partial charge is 0.305 e. The van der Waals surface area contributed by atoms with E-state index in [1.165, 1.54) is 12.0 Å². The minimum Gasteiger partial charge on any atom is -0.460 e. The third-order valence-electron chi connectivity index (χ3n) is 3.89. The normalized spacial score (nSPS) is 13.0. The molecule has 2 amide bonds. The molecule has 0 aromatic heterocycles. The molecule has 2 N–H and O–H groups in total. The van der Waals surface area contributed by atoms with Crippen LogP contribution >= 0.6 is 0 Å². The number of aliphatic hydroxyl groups excluding tert-OH is 1. The van der Waals surface area contributed by atoms with E-state index in [2.05, 4.69) is 5.32 Å². The molecule has 10 nitrogen and oxygen atoms in total. The molecule has 0 aliphatic rings. The van der Waals surface area contributed by atoms with Gasteiger partial charge in [-0.05, 0) is 18.9 Å². The monoisotopic (exact) mass is 416 g/mol. The average molecular weight is 416 g/mol. The number of amides is 2. The Kier molecular flexibility index (Phi) is 15.3. The van der Waals surface area contributed by atoms with Crippen molar-refractivity contribution < 1.29 is 38.5 Å². The minimum absolute atomic E-state index is 0.0654. The second-order valence-electron chi connectivity index (χ2n) is 6.16. The summed E-state index contributed by atoms with van der Waals surface area (Å²) in [6.07, 6.45) is 2.72. The van der Waals surface area contributed by atoms with Crippen LogP contribution in [-0.4, -0.2) is 86.9 Å². The molecule has 0 aromatic carbocycles. The van der Waals surface area contributed by atoms with Crippen molar-refractivity contribution in [3.8, 4) is 0 Å². The maximum Gasteiger partial charge on any atom is 0.305 e. The highest BCUT2D eigenvalue weighted by molar-refractivity contribution is 5.90. The summed E-state index contributed by atoms with van der Waals surface area (Å²) < 4.78 is 15.5. The van der Waals surface area contributed by atoms with Crippen molar-refractivity contribution in [2.24, 2.45) is 0 Å². The van der Waals surface area contributed by atoms with E-state index in [-0.39, 0.29) is 44.4 Å². The molecule has 0 heterocycles. The van der Waals surface area contributed by atoms with Crippen molar-refractivity contribution in [1.29, 1.82) is 0 Å². The maximum absolute atomic E-state index is 11.8. The highest BCUT2D eigenvalue weighted by Gasteiger charge is 2.16. The Morgan fingerprint density at radius 2 is 1.97 bits per heavy atom. The fourth-order valence-corrected chi connectivity index (χ4v) is 2.08. The molecule has 0 aliphatic heterocycles. The van der Waals surface area contributed by atoms with Crippen LogP contribution in [0, 0.1) is 0 Å². The number of carbonyl (C=O) groups is 4. The molecule has 0 bridgehead atoms. The van der Waals surface area contributed by atoms with Gasteiger partial charge in [-0.25, -0.2) is 0 Å². The molecule has 0 saturated heterocycles. The molecule has 0 fully saturated rings. The molecular formula is C19H32N2O8. The number of nitrogens with zero attached hydrogens (tertiary/aromatic N) is 1. The zero-order chi connectivity index (χ0) is 22.1. The average Bonchev–Trinajstić information content (AvgIpc) is 2.72. The first-order valence-electron chi connectivity index (χ1n) is 9.46. The van der Waals surface area contributed by atoms with Crippen molar-refractivity contribution in [1.82, 2.24) is 10.2 Å². The number of carbonyl (C=O) groups excluding carboxylic acids is 4. The molecular weight excluding hydrogens is 384 g/mol. The van der Waals surface area contributed by atoms with Crippen LogP contribution in [0.5, 0.6) is 0 Å². The van der Waals surface area contributed by atoms with Gasteiger partial charge in [0.05, 0.1) is 12.7 Å². The van der Waals surface area contributed by atoms with Crippen LogP contribution < -0.4 is 5.32 Å². The lowest BCUT2D eigenvalue weighted by atomic mass is 10.2. The van der Waals surface area contributed by atoms with Gasteiger partial charge in [0.1, 0.15) is 12.9 Å². The second kappa shape index (κ2) is 16.6. The van der Waals surface area contributed by atoms with Gasteiger partial charge in [0.15, 0.2) is 6.29 Å². The highest BCUT2D eigenvalue weighted by Crippen LogP contribution is 2.05. The third kappa shape index (κ3) is 13.5. The topological polar surface area (TPSA) is 131 Å². The molecule has 0 radical (unpaired) electrons. The third-order valence-corrected chi connectivity index (χ3v) is 3.89. The molecule has 0 saturated carbocycles. The summed E-state index contributed by atoms with van der Waals surface area (Å²) in [5.41, 5.74) is 0. The zero-order valence-electron chi connectivity index (χ0n) is 17.3. The quantitative estimate of drug-likeness (QED) is 0.153. The molecule has 10 heteroatoms. The van der Waals surface area contributed by atoms with Gasteiger partial charge in [0.2, 0.25) is 11.8 Å². The lowest BCUT2D eigenvalue weighted by Gasteiger charge is -2.21. The van der Waals surface area contributed by atoms with E-state index in [9.17, 15) is 19.2 Å². The molecule has 0 spiro atoms. The summed E-state index contributed by atoms with van der Waals surface area (Å²) >= 11 is 0. The van der Waals surface area contributed by atoms with Gasteiger partial charge < -0.3 is 29.5 Å². The molecule has 166 valence electrons. The number of hydrogen-bond donors (Lipinski definition) is 2. The van der Waals surface area contributed by atoms with Crippen molar-refractivity contribution >= 4 is 24.1 Å². The molecule has 29 heavy (non-hydrogen) atoms. The van der Waals surface area contributed by atoms with Gasteiger partial charge in [-0.15, -0.1) is 0 Å². The first-order chi connectivity index (χ1) is 13.9. The molecule has 2 unspecified atom stereocenters. The number of nitrogens with one attached hydrogen (secondary N) is 1. The van der Waals surface area contributed by atoms with Crippen LogP contribution in [0.2, 0.25) is 0 Å².